The van der Waals surface area contributed by atoms with Crippen molar-refractivity contribution in [2.75, 3.05) is 0 Å². The summed E-state index contributed by atoms with van der Waals surface area (Å²) in [6.07, 6.45) is 1.94. The number of rotatable bonds is 2. The quantitative estimate of drug-likeness (QED) is 0.286. The van der Waals surface area contributed by atoms with Crippen LogP contribution >= 0.6 is 11.6 Å². The molecule has 0 atom stereocenters. The van der Waals surface area contributed by atoms with Gasteiger partial charge in [-0.05, 0) is 29.1 Å². The van der Waals surface area contributed by atoms with Gasteiger partial charge in [-0.2, -0.15) is 5.26 Å². The van der Waals surface area contributed by atoms with Gasteiger partial charge in [0.15, 0.2) is 0 Å². The van der Waals surface area contributed by atoms with Crippen molar-refractivity contribution in [1.29, 1.82) is 5.26 Å². The van der Waals surface area contributed by atoms with Gasteiger partial charge in [-0.3, -0.25) is 0 Å². The molecule has 4 aromatic carbocycles. The highest BCUT2D eigenvalue weighted by molar-refractivity contribution is 6.30. The van der Waals surface area contributed by atoms with Crippen LogP contribution in [-0.2, 0) is 0 Å². The smallest absolute Gasteiger partial charge is 0.102 e. The first-order valence-corrected chi connectivity index (χ1v) is 10.7. The summed E-state index contributed by atoms with van der Waals surface area (Å²) < 4.78 is 0. The summed E-state index contributed by atoms with van der Waals surface area (Å²) in [6, 6.07) is 30.6. The molecular weight excluding hydrogens is 414 g/mol. The molecule has 0 aliphatic heterocycles. The van der Waals surface area contributed by atoms with E-state index in [9.17, 15) is 5.26 Å². The number of halogens is 1. The maximum absolute atomic E-state index is 10.3. The molecule has 4 heteroatoms. The first-order chi connectivity index (χ1) is 15.7. The number of hydrogen-bond donors (Lipinski definition) is 1. The number of aromatic amines is 1. The van der Waals surface area contributed by atoms with Crippen LogP contribution in [0.1, 0.15) is 5.56 Å². The molecule has 3 nitrogen and oxygen atoms in total. The van der Waals surface area contributed by atoms with Gasteiger partial charge in [0.25, 0.3) is 0 Å². The van der Waals surface area contributed by atoms with E-state index in [2.05, 4.69) is 41.4 Å². The van der Waals surface area contributed by atoms with Crippen LogP contribution in [0.15, 0.2) is 91.1 Å². The summed E-state index contributed by atoms with van der Waals surface area (Å²) in [5.74, 6) is 0. The average Bonchev–Trinajstić information content (AvgIpc) is 3.27. The molecule has 0 saturated heterocycles. The monoisotopic (exact) mass is 429 g/mol. The van der Waals surface area contributed by atoms with Gasteiger partial charge in [-0.15, -0.1) is 0 Å². The molecule has 0 radical (unpaired) electrons. The minimum atomic E-state index is 0.555. The molecule has 0 unspecified atom stereocenters. The second-order valence-electron chi connectivity index (χ2n) is 7.76. The minimum Gasteiger partial charge on any atom is -0.360 e. The maximum Gasteiger partial charge on any atom is 0.102 e. The largest absolute Gasteiger partial charge is 0.360 e. The molecule has 6 rings (SSSR count). The summed E-state index contributed by atoms with van der Waals surface area (Å²) in [7, 11) is 0. The lowest BCUT2D eigenvalue weighted by Crippen LogP contribution is -1.97. The molecular formula is C28H16ClN3. The number of pyridine rings is 1. The van der Waals surface area contributed by atoms with Gasteiger partial charge in [0.1, 0.15) is 6.07 Å². The Balaban J connectivity index is 1.81. The van der Waals surface area contributed by atoms with Crippen molar-refractivity contribution < 1.29 is 0 Å². The third-order valence-electron chi connectivity index (χ3n) is 5.97. The highest BCUT2D eigenvalue weighted by Gasteiger charge is 2.21. The van der Waals surface area contributed by atoms with Crippen molar-refractivity contribution in [3.8, 4) is 28.5 Å². The molecule has 0 saturated carbocycles. The first-order valence-electron chi connectivity index (χ1n) is 10.3. The Bertz CT molecular complexity index is 1690. The molecule has 0 spiro atoms. The molecule has 0 aliphatic carbocycles. The van der Waals surface area contributed by atoms with Crippen molar-refractivity contribution in [1.82, 2.24) is 9.97 Å². The van der Waals surface area contributed by atoms with E-state index in [1.807, 2.05) is 60.8 Å². The van der Waals surface area contributed by atoms with E-state index in [4.69, 9.17) is 16.6 Å². The van der Waals surface area contributed by atoms with Crippen LogP contribution in [-0.4, -0.2) is 9.97 Å². The van der Waals surface area contributed by atoms with Crippen LogP contribution in [0.2, 0.25) is 5.02 Å². The van der Waals surface area contributed by atoms with Crippen LogP contribution in [0, 0.1) is 11.3 Å². The number of fused-ring (bicyclic) bond motifs is 4. The normalized spacial score (nSPS) is 11.2. The van der Waals surface area contributed by atoms with Crippen molar-refractivity contribution in [3.05, 3.63) is 102 Å². The topological polar surface area (TPSA) is 52.5 Å². The second kappa shape index (κ2) is 7.23. The number of nitriles is 1. The number of nitrogens with zero attached hydrogens (tertiary/aromatic N) is 2. The Morgan fingerprint density at radius 1 is 0.781 bits per heavy atom. The number of hydrogen-bond acceptors (Lipinski definition) is 2. The van der Waals surface area contributed by atoms with Crippen LogP contribution in [0.4, 0.5) is 0 Å². The second-order valence-corrected chi connectivity index (χ2v) is 8.20. The first kappa shape index (κ1) is 18.6. The lowest BCUT2D eigenvalue weighted by atomic mass is 9.91. The Kier molecular flexibility index (Phi) is 4.21. The number of para-hydroxylation sites is 1. The average molecular weight is 430 g/mol. The van der Waals surface area contributed by atoms with Gasteiger partial charge in [0.05, 0.1) is 16.8 Å². The van der Waals surface area contributed by atoms with Crippen molar-refractivity contribution >= 4 is 44.2 Å². The molecule has 0 fully saturated rings. The summed E-state index contributed by atoms with van der Waals surface area (Å²) in [5, 5.41) is 15.2. The molecule has 150 valence electrons. The third-order valence-corrected chi connectivity index (χ3v) is 6.22. The van der Waals surface area contributed by atoms with E-state index in [0.717, 1.165) is 49.3 Å². The van der Waals surface area contributed by atoms with Gasteiger partial charge in [-0.25, -0.2) is 4.98 Å². The van der Waals surface area contributed by atoms with Gasteiger partial charge >= 0.3 is 0 Å². The van der Waals surface area contributed by atoms with E-state index in [1.54, 1.807) is 0 Å². The molecule has 0 amide bonds. The van der Waals surface area contributed by atoms with Crippen molar-refractivity contribution in [2.24, 2.45) is 0 Å². The number of benzene rings is 4. The Hall–Kier alpha value is -4.13. The Morgan fingerprint density at radius 2 is 1.53 bits per heavy atom. The van der Waals surface area contributed by atoms with Crippen LogP contribution < -0.4 is 0 Å². The minimum absolute atomic E-state index is 0.555. The zero-order valence-corrected chi connectivity index (χ0v) is 17.7. The van der Waals surface area contributed by atoms with Gasteiger partial charge in [-0.1, -0.05) is 78.3 Å². The van der Waals surface area contributed by atoms with Gasteiger partial charge < -0.3 is 4.98 Å². The molecule has 6 aromatic rings. The van der Waals surface area contributed by atoms with E-state index in [0.29, 0.717) is 16.3 Å². The fourth-order valence-electron chi connectivity index (χ4n) is 4.49. The van der Waals surface area contributed by atoms with E-state index >= 15 is 0 Å². The Morgan fingerprint density at radius 3 is 2.34 bits per heavy atom. The van der Waals surface area contributed by atoms with Crippen LogP contribution in [0.5, 0.6) is 0 Å². The summed E-state index contributed by atoms with van der Waals surface area (Å²) in [4.78, 5) is 8.42. The summed E-state index contributed by atoms with van der Waals surface area (Å²) in [6.45, 7) is 0. The Labute approximate surface area is 189 Å². The van der Waals surface area contributed by atoms with Crippen molar-refractivity contribution in [3.63, 3.8) is 0 Å². The zero-order chi connectivity index (χ0) is 21.7. The maximum atomic E-state index is 10.3. The van der Waals surface area contributed by atoms with Gasteiger partial charge in [0.2, 0.25) is 0 Å². The fourth-order valence-corrected chi connectivity index (χ4v) is 4.61. The van der Waals surface area contributed by atoms with E-state index in [1.165, 1.54) is 0 Å². The summed E-state index contributed by atoms with van der Waals surface area (Å²) in [5.41, 5.74) is 5.86. The van der Waals surface area contributed by atoms with E-state index < -0.39 is 0 Å². The van der Waals surface area contributed by atoms with Crippen LogP contribution in [0.25, 0.3) is 55.0 Å². The molecule has 2 aromatic heterocycles. The SMILES string of the molecule is N#Cc1c(-c2c[nH]c3ccccc23)nc2c(ccc3ccccc32)c1-c1ccc(Cl)cc1. The third kappa shape index (κ3) is 2.78. The lowest BCUT2D eigenvalue weighted by molar-refractivity contribution is 1.37. The number of aromatic nitrogens is 2. The zero-order valence-electron chi connectivity index (χ0n) is 16.9. The number of H-pyrrole nitrogens is 1. The summed E-state index contributed by atoms with van der Waals surface area (Å²) >= 11 is 6.17. The molecule has 1 N–H and O–H groups in total. The van der Waals surface area contributed by atoms with E-state index in [-0.39, 0.29) is 0 Å². The fraction of sp³-hybridized carbons (Fsp3) is 0. The predicted molar refractivity (Wildman–Crippen MR) is 132 cm³/mol. The highest BCUT2D eigenvalue weighted by Crippen LogP contribution is 2.40. The predicted octanol–water partition coefficient (Wildman–Crippen LogP) is 7.73. The highest BCUT2D eigenvalue weighted by atomic mass is 35.5. The molecule has 0 bridgehead atoms. The molecule has 0 aliphatic rings. The molecule has 32 heavy (non-hydrogen) atoms. The van der Waals surface area contributed by atoms with Crippen LogP contribution in [0.3, 0.4) is 0 Å². The lowest BCUT2D eigenvalue weighted by Gasteiger charge is -2.15. The molecule has 2 heterocycles. The van der Waals surface area contributed by atoms with Gasteiger partial charge in [0, 0.05) is 44.0 Å². The van der Waals surface area contributed by atoms with Crippen molar-refractivity contribution in [2.45, 2.75) is 0 Å². The standard InChI is InChI=1S/C28H16ClN3/c29-19-12-9-18(10-13-19)26-22-14-11-17-5-1-2-6-20(17)27(22)32-28(23(26)15-30)24-16-31-25-8-4-3-7-21(24)25/h1-14,16,31H. The number of nitrogens with one attached hydrogen (secondary N) is 1.